The van der Waals surface area contributed by atoms with Gasteiger partial charge in [0, 0.05) is 49.9 Å². The Morgan fingerprint density at radius 1 is 0.772 bits per heavy atom. The number of allylic oxidation sites excluding steroid dienone is 6. The molecule has 5 nitrogen and oxygen atoms in total. The smallest absolute Gasteiger partial charge is 0.159 e. The fraction of sp³-hybridized carbons (Fsp3) is 0.0962. The van der Waals surface area contributed by atoms with Gasteiger partial charge in [-0.2, -0.15) is 0 Å². The van der Waals surface area contributed by atoms with Crippen LogP contribution in [0, 0.1) is 5.92 Å². The van der Waals surface area contributed by atoms with Crippen molar-refractivity contribution in [1.82, 2.24) is 10.3 Å². The molecule has 274 valence electrons. The standard InChI is InChI=1S/C52H40N4O/c1-3-34(29-33(2)50-54-51(36-19-9-5-10-20-36)56-52(55-50)37-21-11-6-12-22-37)43-31-39(48-42-25-14-13-23-40(42)41-24-15-16-26-46(41)53-48)32-45-44-30-38(35-17-7-4-8-18-35)27-28-47(44)57-49(43)45/h3-12,14-21,24-32,37,52H,1-2,13,22-23H2,(H,54,55,56)/b34-29+. The number of hydrogen-bond acceptors (Lipinski definition) is 5. The molecule has 0 spiro atoms. The van der Waals surface area contributed by atoms with Gasteiger partial charge in [0.2, 0.25) is 0 Å². The molecule has 5 heteroatoms. The van der Waals surface area contributed by atoms with Crippen molar-refractivity contribution in [3.63, 3.8) is 0 Å². The molecule has 0 fully saturated rings. The summed E-state index contributed by atoms with van der Waals surface area (Å²) in [7, 11) is 0. The van der Waals surface area contributed by atoms with Crippen LogP contribution in [-0.2, 0) is 6.42 Å². The minimum absolute atomic E-state index is 0.178. The Hall–Kier alpha value is -7.11. The van der Waals surface area contributed by atoms with Crippen LogP contribution in [0.15, 0.2) is 191 Å². The summed E-state index contributed by atoms with van der Waals surface area (Å²) in [5.74, 6) is 1.54. The van der Waals surface area contributed by atoms with E-state index in [1.807, 2.05) is 30.3 Å². The van der Waals surface area contributed by atoms with Crippen LogP contribution in [0.4, 0.5) is 0 Å². The first-order valence-corrected chi connectivity index (χ1v) is 19.6. The third kappa shape index (κ3) is 6.37. The number of rotatable bonds is 8. The predicted molar refractivity (Wildman–Crippen MR) is 238 cm³/mol. The minimum atomic E-state index is -0.200. The van der Waals surface area contributed by atoms with Crippen LogP contribution in [0.5, 0.6) is 0 Å². The van der Waals surface area contributed by atoms with E-state index < -0.39 is 0 Å². The highest BCUT2D eigenvalue weighted by Crippen LogP contribution is 2.42. The molecule has 57 heavy (non-hydrogen) atoms. The first-order valence-electron chi connectivity index (χ1n) is 19.6. The molecule has 5 aromatic carbocycles. The molecule has 0 radical (unpaired) electrons. The van der Waals surface area contributed by atoms with E-state index in [0.717, 1.165) is 91.4 Å². The van der Waals surface area contributed by atoms with Gasteiger partial charge in [-0.05, 0) is 77.9 Å². The van der Waals surface area contributed by atoms with Gasteiger partial charge in [-0.15, -0.1) is 0 Å². The number of aliphatic imine (C=N–C) groups is 2. The summed E-state index contributed by atoms with van der Waals surface area (Å²) < 4.78 is 6.80. The van der Waals surface area contributed by atoms with Gasteiger partial charge in [0.25, 0.3) is 0 Å². The molecule has 1 N–H and O–H groups in total. The SMILES string of the molecule is C=C/C(=C\C(=C)C1=NC(c2ccccc2)=NC(C2C=CC=CC2)N1)c1cc(-c2nc3ccccc3c3c2C=CCC3)cc2c1oc1ccc(-c3ccccc3)cc12. The average Bonchev–Trinajstić information content (AvgIpc) is 3.66. The maximum absolute atomic E-state index is 6.80. The molecule has 0 saturated carbocycles. The summed E-state index contributed by atoms with van der Waals surface area (Å²) in [6.07, 6.45) is 19.7. The summed E-state index contributed by atoms with van der Waals surface area (Å²) in [4.78, 5) is 15.5. The molecule has 2 atom stereocenters. The average molecular weight is 737 g/mol. The zero-order valence-corrected chi connectivity index (χ0v) is 31.5. The monoisotopic (exact) mass is 736 g/mol. The Balaban J connectivity index is 1.15. The zero-order valence-electron chi connectivity index (χ0n) is 31.5. The number of nitrogens with one attached hydrogen (secondary N) is 1. The number of aryl methyl sites for hydroxylation is 1. The third-order valence-electron chi connectivity index (χ3n) is 11.2. The van der Waals surface area contributed by atoms with Crippen LogP contribution in [0.1, 0.15) is 35.1 Å². The Morgan fingerprint density at radius 3 is 2.37 bits per heavy atom. The van der Waals surface area contributed by atoms with Gasteiger partial charge >= 0.3 is 0 Å². The van der Waals surface area contributed by atoms with Gasteiger partial charge in [0.1, 0.15) is 23.2 Å². The molecular formula is C52H40N4O. The normalized spacial score (nSPS) is 17.6. The Morgan fingerprint density at radius 2 is 1.56 bits per heavy atom. The van der Waals surface area contributed by atoms with E-state index in [0.29, 0.717) is 11.7 Å². The van der Waals surface area contributed by atoms with Gasteiger partial charge in [0.05, 0.1) is 11.2 Å². The second kappa shape index (κ2) is 14.5. The summed E-state index contributed by atoms with van der Waals surface area (Å²) in [5.41, 5.74) is 12.8. The summed E-state index contributed by atoms with van der Waals surface area (Å²) in [5, 5.41) is 6.90. The quantitative estimate of drug-likeness (QED) is 0.158. The van der Waals surface area contributed by atoms with E-state index in [1.54, 1.807) is 0 Å². The van der Waals surface area contributed by atoms with Gasteiger partial charge < -0.3 is 9.73 Å². The van der Waals surface area contributed by atoms with Crippen molar-refractivity contribution in [3.8, 4) is 22.4 Å². The van der Waals surface area contributed by atoms with Crippen LogP contribution in [0.3, 0.4) is 0 Å². The first-order chi connectivity index (χ1) is 28.1. The van der Waals surface area contributed by atoms with Gasteiger partial charge in [-0.25, -0.2) is 15.0 Å². The fourth-order valence-corrected chi connectivity index (χ4v) is 8.33. The van der Waals surface area contributed by atoms with Crippen LogP contribution >= 0.6 is 0 Å². The lowest BCUT2D eigenvalue weighted by Gasteiger charge is -2.28. The number of furan rings is 1. The van der Waals surface area contributed by atoms with Crippen LogP contribution in [-0.4, -0.2) is 22.8 Å². The Labute approximate surface area is 332 Å². The molecule has 3 aliphatic rings. The van der Waals surface area contributed by atoms with Crippen molar-refractivity contribution >= 4 is 56.2 Å². The lowest BCUT2D eigenvalue weighted by atomic mass is 9.88. The lowest BCUT2D eigenvalue weighted by molar-refractivity contribution is 0.475. The van der Waals surface area contributed by atoms with Gasteiger partial charge in [-0.3, -0.25) is 0 Å². The number of nitrogens with zero attached hydrogens (tertiary/aromatic N) is 3. The molecular weight excluding hydrogens is 697 g/mol. The summed E-state index contributed by atoms with van der Waals surface area (Å²) in [6, 6.07) is 40.0. The van der Waals surface area contributed by atoms with Crippen molar-refractivity contribution in [1.29, 1.82) is 0 Å². The van der Waals surface area contributed by atoms with Crippen molar-refractivity contribution in [2.45, 2.75) is 25.4 Å². The second-order valence-corrected chi connectivity index (χ2v) is 14.8. The van der Waals surface area contributed by atoms with E-state index in [1.165, 1.54) is 16.5 Å². The molecule has 2 aliphatic carbocycles. The van der Waals surface area contributed by atoms with Crippen molar-refractivity contribution in [2.75, 3.05) is 0 Å². The molecule has 10 rings (SSSR count). The molecule has 0 amide bonds. The van der Waals surface area contributed by atoms with Crippen molar-refractivity contribution in [3.05, 3.63) is 199 Å². The zero-order chi connectivity index (χ0) is 38.3. The molecule has 7 aromatic rings. The summed E-state index contributed by atoms with van der Waals surface area (Å²) in [6.45, 7) is 8.92. The Bertz CT molecular complexity index is 2940. The predicted octanol–water partition coefficient (Wildman–Crippen LogP) is 12.5. The van der Waals surface area contributed by atoms with E-state index in [2.05, 4.69) is 152 Å². The molecule has 1 aliphatic heterocycles. The number of aromatic nitrogens is 1. The maximum atomic E-state index is 6.80. The fourth-order valence-electron chi connectivity index (χ4n) is 8.33. The van der Waals surface area contributed by atoms with E-state index in [-0.39, 0.29) is 12.1 Å². The summed E-state index contributed by atoms with van der Waals surface area (Å²) >= 11 is 0. The number of para-hydroxylation sites is 1. The van der Waals surface area contributed by atoms with Gasteiger partial charge in [0.15, 0.2) is 5.84 Å². The van der Waals surface area contributed by atoms with Crippen LogP contribution in [0.25, 0.3) is 66.9 Å². The lowest BCUT2D eigenvalue weighted by Crippen LogP contribution is -2.43. The van der Waals surface area contributed by atoms with Crippen molar-refractivity contribution < 1.29 is 4.42 Å². The molecule has 2 unspecified atom stereocenters. The third-order valence-corrected chi connectivity index (χ3v) is 11.2. The number of hydrogen-bond donors (Lipinski definition) is 1. The highest BCUT2D eigenvalue weighted by Gasteiger charge is 2.26. The maximum Gasteiger partial charge on any atom is 0.159 e. The number of benzene rings is 5. The van der Waals surface area contributed by atoms with E-state index in [4.69, 9.17) is 19.4 Å². The van der Waals surface area contributed by atoms with Gasteiger partial charge in [-0.1, -0.05) is 141 Å². The molecule has 0 saturated heterocycles. The highest BCUT2D eigenvalue weighted by atomic mass is 16.3. The molecule has 2 aromatic heterocycles. The topological polar surface area (TPSA) is 62.8 Å². The van der Waals surface area contributed by atoms with Crippen molar-refractivity contribution in [2.24, 2.45) is 15.9 Å². The first kappa shape index (κ1) is 34.4. The number of pyridine rings is 1. The van der Waals surface area contributed by atoms with E-state index >= 15 is 0 Å². The van der Waals surface area contributed by atoms with Crippen LogP contribution < -0.4 is 5.32 Å². The second-order valence-electron chi connectivity index (χ2n) is 14.8. The minimum Gasteiger partial charge on any atom is -0.455 e. The largest absolute Gasteiger partial charge is 0.455 e. The molecule has 0 bridgehead atoms. The number of amidine groups is 2. The highest BCUT2D eigenvalue weighted by molar-refractivity contribution is 6.16. The Kier molecular flexibility index (Phi) is 8.76. The number of fused-ring (bicyclic) bond motifs is 6. The van der Waals surface area contributed by atoms with E-state index in [9.17, 15) is 0 Å². The molecule has 3 heterocycles. The van der Waals surface area contributed by atoms with Crippen LogP contribution in [0.2, 0.25) is 0 Å².